The number of ether oxygens (including phenoxy) is 2. The van der Waals surface area contributed by atoms with Crippen molar-refractivity contribution in [3.05, 3.63) is 0 Å². The monoisotopic (exact) mass is 268 g/mol. The Kier molecular flexibility index (Phi) is 5.90. The van der Waals surface area contributed by atoms with Gasteiger partial charge in [0.2, 0.25) is 0 Å². The normalized spacial score (nSPS) is 21.3. The van der Waals surface area contributed by atoms with E-state index in [9.17, 15) is 0 Å². The predicted octanol–water partition coefficient (Wildman–Crippen LogP) is 3.62. The molecule has 1 rings (SSSR count). The zero-order valence-electron chi connectivity index (χ0n) is 12.7. The molecular formula is C15H28O2Si. The average Bonchev–Trinajstić information content (AvgIpc) is 2.29. The molecule has 1 unspecified atom stereocenters. The van der Waals surface area contributed by atoms with Crippen molar-refractivity contribution in [2.24, 2.45) is 0 Å². The van der Waals surface area contributed by atoms with Gasteiger partial charge >= 0.3 is 0 Å². The van der Waals surface area contributed by atoms with Crippen LogP contribution >= 0.6 is 0 Å². The first-order valence-electron chi connectivity index (χ1n) is 7.13. The molecule has 0 aromatic carbocycles. The van der Waals surface area contributed by atoms with Crippen LogP contribution in [0, 0.1) is 11.5 Å². The summed E-state index contributed by atoms with van der Waals surface area (Å²) < 4.78 is 11.1. The lowest BCUT2D eigenvalue weighted by Gasteiger charge is -2.38. The molecule has 104 valence electrons. The number of hydrogen-bond acceptors (Lipinski definition) is 2. The first kappa shape index (κ1) is 15.8. The smallest absolute Gasteiger partial charge is 0.146 e. The Morgan fingerprint density at radius 1 is 0.944 bits per heavy atom. The second-order valence-electron chi connectivity index (χ2n) is 6.10. The average molecular weight is 268 g/mol. The molecule has 0 saturated carbocycles. The van der Waals surface area contributed by atoms with Gasteiger partial charge in [-0.05, 0) is 16.6 Å². The highest BCUT2D eigenvalue weighted by Crippen LogP contribution is 2.40. The highest BCUT2D eigenvalue weighted by atomic mass is 28.3. The molecule has 0 N–H and O–H groups in total. The maximum absolute atomic E-state index is 5.64. The molecule has 1 aliphatic heterocycles. The summed E-state index contributed by atoms with van der Waals surface area (Å²) in [6, 6.07) is 0. The molecule has 2 nitrogen and oxygen atoms in total. The Morgan fingerprint density at radius 2 is 1.50 bits per heavy atom. The quantitative estimate of drug-likeness (QED) is 0.575. The Balaban J connectivity index is 2.93. The SMILES string of the molecule is CC(C)[Si](C#CC1COCCO1)(C(C)C)C(C)C. The molecule has 1 atom stereocenters. The van der Waals surface area contributed by atoms with Crippen molar-refractivity contribution in [1.29, 1.82) is 0 Å². The van der Waals surface area contributed by atoms with Crippen molar-refractivity contribution in [3.63, 3.8) is 0 Å². The van der Waals surface area contributed by atoms with E-state index in [0.29, 0.717) is 36.4 Å². The third kappa shape index (κ3) is 3.37. The summed E-state index contributed by atoms with van der Waals surface area (Å²) in [6.45, 7) is 16.0. The van der Waals surface area contributed by atoms with Gasteiger partial charge in [0.25, 0.3) is 0 Å². The van der Waals surface area contributed by atoms with Crippen LogP contribution in [0.5, 0.6) is 0 Å². The summed E-state index contributed by atoms with van der Waals surface area (Å²) in [6.07, 6.45) is -0.0122. The molecule has 1 aliphatic rings. The molecule has 1 fully saturated rings. The molecule has 0 spiro atoms. The highest BCUT2D eigenvalue weighted by molar-refractivity contribution is 6.90. The third-order valence-corrected chi connectivity index (χ3v) is 10.4. The van der Waals surface area contributed by atoms with Gasteiger partial charge in [-0.3, -0.25) is 0 Å². The van der Waals surface area contributed by atoms with E-state index >= 15 is 0 Å². The van der Waals surface area contributed by atoms with E-state index in [2.05, 4.69) is 53.0 Å². The summed E-state index contributed by atoms with van der Waals surface area (Å²) in [4.78, 5) is 0. The Morgan fingerprint density at radius 3 is 1.89 bits per heavy atom. The van der Waals surface area contributed by atoms with Gasteiger partial charge in [-0.25, -0.2) is 0 Å². The summed E-state index contributed by atoms with van der Waals surface area (Å²) in [5.41, 5.74) is 5.71. The van der Waals surface area contributed by atoms with Gasteiger partial charge in [-0.2, -0.15) is 0 Å². The third-order valence-electron chi connectivity index (χ3n) is 4.13. The van der Waals surface area contributed by atoms with Crippen molar-refractivity contribution in [3.8, 4) is 11.5 Å². The second-order valence-corrected chi connectivity index (χ2v) is 11.7. The zero-order valence-corrected chi connectivity index (χ0v) is 13.7. The summed E-state index contributed by atoms with van der Waals surface area (Å²) in [5, 5.41) is 0. The maximum Gasteiger partial charge on any atom is 0.146 e. The molecule has 0 aromatic heterocycles. The van der Waals surface area contributed by atoms with E-state index in [1.165, 1.54) is 0 Å². The van der Waals surface area contributed by atoms with Crippen LogP contribution in [0.15, 0.2) is 0 Å². The summed E-state index contributed by atoms with van der Waals surface area (Å²) >= 11 is 0. The van der Waals surface area contributed by atoms with Crippen LogP contribution in [-0.4, -0.2) is 34.0 Å². The van der Waals surface area contributed by atoms with Gasteiger partial charge in [0, 0.05) is 0 Å². The molecular weight excluding hydrogens is 240 g/mol. The summed E-state index contributed by atoms with van der Waals surface area (Å²) in [7, 11) is -1.61. The largest absolute Gasteiger partial charge is 0.375 e. The highest BCUT2D eigenvalue weighted by Gasteiger charge is 2.41. The first-order valence-corrected chi connectivity index (χ1v) is 9.36. The fourth-order valence-electron chi connectivity index (χ4n) is 3.21. The van der Waals surface area contributed by atoms with Gasteiger partial charge in [-0.15, -0.1) is 5.54 Å². The minimum Gasteiger partial charge on any atom is -0.375 e. The van der Waals surface area contributed by atoms with Gasteiger partial charge in [0.15, 0.2) is 0 Å². The number of hydrogen-bond donors (Lipinski definition) is 0. The fraction of sp³-hybridized carbons (Fsp3) is 0.867. The van der Waals surface area contributed by atoms with E-state index in [-0.39, 0.29) is 6.10 Å². The van der Waals surface area contributed by atoms with Crippen LogP contribution in [0.25, 0.3) is 0 Å². The molecule has 18 heavy (non-hydrogen) atoms. The molecule has 0 bridgehead atoms. The summed E-state index contributed by atoms with van der Waals surface area (Å²) in [5.74, 6) is 3.37. The second kappa shape index (κ2) is 6.74. The van der Waals surface area contributed by atoms with E-state index < -0.39 is 8.07 Å². The fourth-order valence-corrected chi connectivity index (χ4v) is 8.49. The molecule has 0 radical (unpaired) electrons. The van der Waals surface area contributed by atoms with Gasteiger partial charge in [-0.1, -0.05) is 47.5 Å². The minimum atomic E-state index is -1.61. The molecule has 0 aliphatic carbocycles. The van der Waals surface area contributed by atoms with Gasteiger partial charge < -0.3 is 9.47 Å². The van der Waals surface area contributed by atoms with Crippen LogP contribution in [-0.2, 0) is 9.47 Å². The minimum absolute atomic E-state index is 0.0122. The lowest BCUT2D eigenvalue weighted by Crippen LogP contribution is -2.43. The topological polar surface area (TPSA) is 18.5 Å². The van der Waals surface area contributed by atoms with Crippen LogP contribution in [0.3, 0.4) is 0 Å². The molecule has 0 amide bonds. The van der Waals surface area contributed by atoms with Gasteiger partial charge in [0.1, 0.15) is 14.2 Å². The van der Waals surface area contributed by atoms with E-state index in [4.69, 9.17) is 9.47 Å². The van der Waals surface area contributed by atoms with Crippen LogP contribution in [0.1, 0.15) is 41.5 Å². The molecule has 1 heterocycles. The Labute approximate surface area is 113 Å². The van der Waals surface area contributed by atoms with Crippen molar-refractivity contribution >= 4 is 8.07 Å². The van der Waals surface area contributed by atoms with Gasteiger partial charge in [0.05, 0.1) is 19.8 Å². The van der Waals surface area contributed by atoms with Crippen LogP contribution < -0.4 is 0 Å². The predicted molar refractivity (Wildman–Crippen MR) is 79.4 cm³/mol. The molecule has 0 aromatic rings. The standard InChI is InChI=1S/C15H28O2Si/c1-12(2)18(13(3)4,14(5)6)10-7-15-11-16-8-9-17-15/h12-15H,8-9,11H2,1-6H3. The van der Waals surface area contributed by atoms with Crippen LogP contribution in [0.2, 0.25) is 16.6 Å². The van der Waals surface area contributed by atoms with Crippen LogP contribution in [0.4, 0.5) is 0 Å². The molecule has 3 heteroatoms. The van der Waals surface area contributed by atoms with Crippen molar-refractivity contribution < 1.29 is 9.47 Å². The zero-order chi connectivity index (χ0) is 13.8. The first-order chi connectivity index (χ1) is 8.41. The lowest BCUT2D eigenvalue weighted by molar-refractivity contribution is -0.0635. The Bertz CT molecular complexity index is 284. The van der Waals surface area contributed by atoms with Crippen molar-refractivity contribution in [2.75, 3.05) is 19.8 Å². The Hall–Kier alpha value is -0.303. The van der Waals surface area contributed by atoms with E-state index in [0.717, 1.165) is 0 Å². The van der Waals surface area contributed by atoms with Crippen molar-refractivity contribution in [1.82, 2.24) is 0 Å². The number of rotatable bonds is 3. The molecule has 1 saturated heterocycles. The maximum atomic E-state index is 5.64. The van der Waals surface area contributed by atoms with E-state index in [1.54, 1.807) is 0 Å². The van der Waals surface area contributed by atoms with E-state index in [1.807, 2.05) is 0 Å². The lowest BCUT2D eigenvalue weighted by atomic mass is 10.4. The van der Waals surface area contributed by atoms with Crippen molar-refractivity contribution in [2.45, 2.75) is 64.3 Å².